The first-order valence-electron chi connectivity index (χ1n) is 5.04. The molecule has 5 nitrogen and oxygen atoms in total. The molecule has 2 heterocycles. The van der Waals surface area contributed by atoms with E-state index in [1.54, 1.807) is 6.07 Å². The van der Waals surface area contributed by atoms with E-state index in [2.05, 4.69) is 4.98 Å². The maximum absolute atomic E-state index is 10.9. The molecule has 0 unspecified atom stereocenters. The Bertz CT molecular complexity index is 460. The van der Waals surface area contributed by atoms with Crippen molar-refractivity contribution in [2.45, 2.75) is 32.5 Å². The number of carboxylic acids is 1. The van der Waals surface area contributed by atoms with Gasteiger partial charge >= 0.3 is 5.97 Å². The van der Waals surface area contributed by atoms with E-state index in [1.807, 2.05) is 13.8 Å². The highest BCUT2D eigenvalue weighted by Crippen LogP contribution is 2.28. The van der Waals surface area contributed by atoms with Crippen molar-refractivity contribution in [1.82, 2.24) is 4.98 Å². The summed E-state index contributed by atoms with van der Waals surface area (Å²) in [5.74, 6) is -0.985. The molecule has 2 rings (SSSR count). The van der Waals surface area contributed by atoms with Gasteiger partial charge in [0.15, 0.2) is 0 Å². The zero-order valence-corrected chi connectivity index (χ0v) is 10.5. The highest BCUT2D eigenvalue weighted by molar-refractivity contribution is 5.92. The highest BCUT2D eigenvalue weighted by atomic mass is 35.5. The SMILES string of the molecule is CC1(C)Cc2nc(N)c(C(=O)O)cc2CO1.Cl. The molecule has 1 aliphatic heterocycles. The van der Waals surface area contributed by atoms with Gasteiger partial charge in [-0.3, -0.25) is 0 Å². The van der Waals surface area contributed by atoms with E-state index in [9.17, 15) is 4.79 Å². The lowest BCUT2D eigenvalue weighted by atomic mass is 9.95. The molecule has 0 amide bonds. The van der Waals surface area contributed by atoms with E-state index in [0.29, 0.717) is 13.0 Å². The molecule has 1 aromatic rings. The van der Waals surface area contributed by atoms with Crippen molar-refractivity contribution >= 4 is 24.2 Å². The lowest BCUT2D eigenvalue weighted by molar-refractivity contribution is -0.0412. The van der Waals surface area contributed by atoms with Gasteiger partial charge in [-0.1, -0.05) is 0 Å². The average Bonchev–Trinajstić information content (AvgIpc) is 2.14. The molecule has 0 atom stereocenters. The number of aromatic nitrogens is 1. The van der Waals surface area contributed by atoms with Crippen LogP contribution in [0, 0.1) is 0 Å². The van der Waals surface area contributed by atoms with Crippen molar-refractivity contribution in [2.24, 2.45) is 0 Å². The molecule has 1 aromatic heterocycles. The lowest BCUT2D eigenvalue weighted by Gasteiger charge is -2.31. The normalized spacial score (nSPS) is 16.8. The summed E-state index contributed by atoms with van der Waals surface area (Å²) >= 11 is 0. The third-order valence-electron chi connectivity index (χ3n) is 2.66. The fraction of sp³-hybridized carbons (Fsp3) is 0.455. The smallest absolute Gasteiger partial charge is 0.339 e. The number of carbonyl (C=O) groups is 1. The van der Waals surface area contributed by atoms with Crippen LogP contribution < -0.4 is 5.73 Å². The second-order valence-electron chi connectivity index (χ2n) is 4.56. The molecule has 0 bridgehead atoms. The number of halogens is 1. The number of ether oxygens (including phenoxy) is 1. The fourth-order valence-electron chi connectivity index (χ4n) is 1.79. The van der Waals surface area contributed by atoms with Crippen LogP contribution >= 0.6 is 12.4 Å². The zero-order chi connectivity index (χ0) is 11.9. The van der Waals surface area contributed by atoms with Crippen LogP contribution in [0.15, 0.2) is 6.07 Å². The number of aromatic carboxylic acids is 1. The second-order valence-corrected chi connectivity index (χ2v) is 4.56. The van der Waals surface area contributed by atoms with Gasteiger partial charge in [0.1, 0.15) is 11.4 Å². The molecule has 0 aliphatic carbocycles. The van der Waals surface area contributed by atoms with Crippen molar-refractivity contribution in [1.29, 1.82) is 0 Å². The summed E-state index contributed by atoms with van der Waals surface area (Å²) in [5.41, 5.74) is 7.02. The Hall–Kier alpha value is -1.33. The number of anilines is 1. The van der Waals surface area contributed by atoms with E-state index in [1.165, 1.54) is 0 Å². The summed E-state index contributed by atoms with van der Waals surface area (Å²) < 4.78 is 5.59. The minimum absolute atomic E-state index is 0. The first-order chi connectivity index (χ1) is 7.39. The minimum Gasteiger partial charge on any atom is -0.478 e. The lowest BCUT2D eigenvalue weighted by Crippen LogP contribution is -2.33. The third-order valence-corrected chi connectivity index (χ3v) is 2.66. The zero-order valence-electron chi connectivity index (χ0n) is 9.69. The van der Waals surface area contributed by atoms with Gasteiger partial charge in [-0.2, -0.15) is 0 Å². The van der Waals surface area contributed by atoms with Gasteiger partial charge in [0.2, 0.25) is 0 Å². The number of hydrogen-bond donors (Lipinski definition) is 2. The topological polar surface area (TPSA) is 85.4 Å². The number of hydrogen-bond acceptors (Lipinski definition) is 4. The summed E-state index contributed by atoms with van der Waals surface area (Å²) in [6.45, 7) is 4.33. The van der Waals surface area contributed by atoms with Gasteiger partial charge in [-0.15, -0.1) is 12.4 Å². The molecule has 17 heavy (non-hydrogen) atoms. The molecular weight excluding hydrogens is 244 g/mol. The molecule has 0 saturated heterocycles. The second kappa shape index (κ2) is 4.50. The summed E-state index contributed by atoms with van der Waals surface area (Å²) in [7, 11) is 0. The minimum atomic E-state index is -1.06. The standard InChI is InChI=1S/C11H14N2O3.ClH/c1-11(2)4-8-6(5-16-11)3-7(10(14)15)9(12)13-8;/h3H,4-5H2,1-2H3,(H2,12,13)(H,14,15);1H. The van der Waals surface area contributed by atoms with Crippen molar-refractivity contribution in [3.63, 3.8) is 0 Å². The van der Waals surface area contributed by atoms with E-state index >= 15 is 0 Å². The quantitative estimate of drug-likeness (QED) is 0.800. The van der Waals surface area contributed by atoms with Gasteiger partial charge in [0.05, 0.1) is 17.9 Å². The van der Waals surface area contributed by atoms with Crippen LogP contribution in [0.4, 0.5) is 5.82 Å². The number of nitrogen functional groups attached to an aromatic ring is 1. The summed E-state index contributed by atoms with van der Waals surface area (Å²) in [6, 6.07) is 1.55. The Morgan fingerprint density at radius 3 is 2.82 bits per heavy atom. The van der Waals surface area contributed by atoms with E-state index < -0.39 is 5.97 Å². The Balaban J connectivity index is 0.00000144. The number of fused-ring (bicyclic) bond motifs is 1. The van der Waals surface area contributed by atoms with E-state index in [0.717, 1.165) is 11.3 Å². The largest absolute Gasteiger partial charge is 0.478 e. The highest BCUT2D eigenvalue weighted by Gasteiger charge is 2.28. The van der Waals surface area contributed by atoms with Crippen molar-refractivity contribution in [3.05, 3.63) is 22.9 Å². The molecule has 0 fully saturated rings. The van der Waals surface area contributed by atoms with E-state index in [4.69, 9.17) is 15.6 Å². The summed E-state index contributed by atoms with van der Waals surface area (Å²) in [5, 5.41) is 8.91. The Morgan fingerprint density at radius 2 is 2.24 bits per heavy atom. The third kappa shape index (κ3) is 2.68. The number of nitrogens with zero attached hydrogens (tertiary/aromatic N) is 1. The monoisotopic (exact) mass is 258 g/mol. The Morgan fingerprint density at radius 1 is 1.59 bits per heavy atom. The average molecular weight is 259 g/mol. The van der Waals surface area contributed by atoms with Gasteiger partial charge in [0.25, 0.3) is 0 Å². The number of nitrogens with two attached hydrogens (primary N) is 1. The Labute approximate surface area is 105 Å². The molecular formula is C11H15ClN2O3. The molecule has 0 aromatic carbocycles. The van der Waals surface area contributed by atoms with Crippen molar-refractivity contribution < 1.29 is 14.6 Å². The maximum Gasteiger partial charge on any atom is 0.339 e. The molecule has 0 saturated carbocycles. The molecule has 94 valence electrons. The number of pyridine rings is 1. The van der Waals surface area contributed by atoms with Crippen LogP contribution in [0.5, 0.6) is 0 Å². The van der Waals surface area contributed by atoms with Crippen molar-refractivity contribution in [2.75, 3.05) is 5.73 Å². The molecule has 3 N–H and O–H groups in total. The molecule has 0 spiro atoms. The fourth-order valence-corrected chi connectivity index (χ4v) is 1.79. The first kappa shape index (κ1) is 13.7. The predicted octanol–water partition coefficient (Wildman–Crippen LogP) is 1.64. The maximum atomic E-state index is 10.9. The molecule has 0 radical (unpaired) electrons. The Kier molecular flexibility index (Phi) is 3.64. The van der Waals surface area contributed by atoms with Gasteiger partial charge in [-0.05, 0) is 19.9 Å². The van der Waals surface area contributed by atoms with Crippen LogP contribution in [-0.2, 0) is 17.8 Å². The van der Waals surface area contributed by atoms with Crippen LogP contribution in [-0.4, -0.2) is 21.7 Å². The van der Waals surface area contributed by atoms with E-state index in [-0.39, 0.29) is 29.4 Å². The molecule has 1 aliphatic rings. The van der Waals surface area contributed by atoms with Gasteiger partial charge in [-0.25, -0.2) is 9.78 Å². The first-order valence-corrected chi connectivity index (χ1v) is 5.04. The van der Waals surface area contributed by atoms with Crippen LogP contribution in [0.25, 0.3) is 0 Å². The van der Waals surface area contributed by atoms with Gasteiger partial charge in [0, 0.05) is 12.0 Å². The number of carboxylic acid groups (broad SMARTS) is 1. The number of rotatable bonds is 1. The van der Waals surface area contributed by atoms with Crippen LogP contribution in [0.2, 0.25) is 0 Å². The van der Waals surface area contributed by atoms with Crippen LogP contribution in [0.1, 0.15) is 35.5 Å². The predicted molar refractivity (Wildman–Crippen MR) is 65.4 cm³/mol. The summed E-state index contributed by atoms with van der Waals surface area (Å²) in [6.07, 6.45) is 0.645. The molecule has 6 heteroatoms. The van der Waals surface area contributed by atoms with Crippen molar-refractivity contribution in [3.8, 4) is 0 Å². The summed E-state index contributed by atoms with van der Waals surface area (Å²) in [4.78, 5) is 15.0. The van der Waals surface area contributed by atoms with Gasteiger partial charge < -0.3 is 15.6 Å². The van der Waals surface area contributed by atoms with Crippen LogP contribution in [0.3, 0.4) is 0 Å².